The SMILES string of the molecule is CCC(=C(c1ccc(C=CC(=O)O)cc1)c1ccc2scnc2c1)c1ccccc1. The zero-order valence-electron chi connectivity index (χ0n) is 16.6. The molecule has 3 aromatic carbocycles. The summed E-state index contributed by atoms with van der Waals surface area (Å²) in [7, 11) is 0. The summed E-state index contributed by atoms with van der Waals surface area (Å²) in [5.41, 5.74) is 9.59. The van der Waals surface area contributed by atoms with Crippen LogP contribution in [0.5, 0.6) is 0 Å². The fraction of sp³-hybridized carbons (Fsp3) is 0.0769. The molecule has 0 fully saturated rings. The second-order valence-corrected chi connectivity index (χ2v) is 7.79. The topological polar surface area (TPSA) is 50.2 Å². The average molecular weight is 412 g/mol. The van der Waals surface area contributed by atoms with E-state index in [9.17, 15) is 4.79 Å². The molecule has 0 saturated heterocycles. The number of rotatable bonds is 6. The highest BCUT2D eigenvalue weighted by Crippen LogP contribution is 2.36. The van der Waals surface area contributed by atoms with Crippen LogP contribution in [-0.4, -0.2) is 16.1 Å². The largest absolute Gasteiger partial charge is 0.478 e. The average Bonchev–Trinajstić information content (AvgIpc) is 3.25. The molecule has 0 bridgehead atoms. The maximum absolute atomic E-state index is 10.8. The predicted octanol–water partition coefficient (Wildman–Crippen LogP) is 6.76. The second kappa shape index (κ2) is 8.89. The quantitative estimate of drug-likeness (QED) is 0.282. The molecule has 0 radical (unpaired) electrons. The summed E-state index contributed by atoms with van der Waals surface area (Å²) in [5, 5.41) is 8.87. The van der Waals surface area contributed by atoms with E-state index in [0.29, 0.717) is 0 Å². The molecular weight excluding hydrogens is 390 g/mol. The Morgan fingerprint density at radius 3 is 2.40 bits per heavy atom. The number of thiazole rings is 1. The van der Waals surface area contributed by atoms with Gasteiger partial charge in [-0.1, -0.05) is 67.6 Å². The lowest BCUT2D eigenvalue weighted by molar-refractivity contribution is -0.131. The second-order valence-electron chi connectivity index (χ2n) is 6.90. The zero-order valence-corrected chi connectivity index (χ0v) is 17.4. The number of hydrogen-bond donors (Lipinski definition) is 1. The van der Waals surface area contributed by atoms with Crippen molar-refractivity contribution in [2.45, 2.75) is 13.3 Å². The molecule has 0 aliphatic carbocycles. The van der Waals surface area contributed by atoms with Gasteiger partial charge < -0.3 is 5.11 Å². The Hall–Kier alpha value is -3.50. The van der Waals surface area contributed by atoms with Gasteiger partial charge in [0.15, 0.2) is 0 Å². The maximum atomic E-state index is 10.8. The van der Waals surface area contributed by atoms with Gasteiger partial charge in [0.1, 0.15) is 0 Å². The monoisotopic (exact) mass is 411 g/mol. The van der Waals surface area contributed by atoms with Crippen molar-refractivity contribution in [1.29, 1.82) is 0 Å². The first-order valence-electron chi connectivity index (χ1n) is 9.79. The van der Waals surface area contributed by atoms with Crippen molar-refractivity contribution >= 4 is 44.7 Å². The Labute approximate surface area is 179 Å². The molecule has 0 saturated carbocycles. The minimum atomic E-state index is -0.950. The molecule has 1 heterocycles. The fourth-order valence-corrected chi connectivity index (χ4v) is 4.28. The molecule has 0 unspecified atom stereocenters. The molecular formula is C26H21NO2S. The summed E-state index contributed by atoms with van der Waals surface area (Å²) in [5.74, 6) is -0.950. The number of aliphatic carboxylic acids is 1. The molecule has 1 N–H and O–H groups in total. The Balaban J connectivity index is 1.89. The number of carboxylic acids is 1. The number of hydrogen-bond acceptors (Lipinski definition) is 3. The smallest absolute Gasteiger partial charge is 0.328 e. The van der Waals surface area contributed by atoms with Crippen LogP contribution in [0.25, 0.3) is 27.4 Å². The van der Waals surface area contributed by atoms with Gasteiger partial charge in [0.25, 0.3) is 0 Å². The van der Waals surface area contributed by atoms with Crippen LogP contribution in [0.4, 0.5) is 0 Å². The van der Waals surface area contributed by atoms with E-state index in [1.807, 2.05) is 23.7 Å². The van der Waals surface area contributed by atoms with Gasteiger partial charge in [-0.2, -0.15) is 0 Å². The summed E-state index contributed by atoms with van der Waals surface area (Å²) < 4.78 is 1.17. The van der Waals surface area contributed by atoms with E-state index < -0.39 is 5.97 Å². The van der Waals surface area contributed by atoms with Crippen LogP contribution in [0.2, 0.25) is 0 Å². The molecule has 0 aliphatic heterocycles. The molecule has 0 atom stereocenters. The van der Waals surface area contributed by atoms with E-state index in [0.717, 1.165) is 34.7 Å². The molecule has 148 valence electrons. The van der Waals surface area contributed by atoms with Gasteiger partial charge in [-0.05, 0) is 58.0 Å². The van der Waals surface area contributed by atoms with Crippen molar-refractivity contribution in [2.24, 2.45) is 0 Å². The third-order valence-corrected chi connectivity index (χ3v) is 5.82. The number of nitrogens with zero attached hydrogens (tertiary/aromatic N) is 1. The van der Waals surface area contributed by atoms with Gasteiger partial charge in [0.2, 0.25) is 0 Å². The molecule has 4 heteroatoms. The van der Waals surface area contributed by atoms with Crippen molar-refractivity contribution in [1.82, 2.24) is 4.98 Å². The Morgan fingerprint density at radius 1 is 0.967 bits per heavy atom. The molecule has 0 aliphatic rings. The Morgan fingerprint density at radius 2 is 1.70 bits per heavy atom. The molecule has 0 amide bonds. The molecule has 4 aromatic rings. The first kappa shape index (κ1) is 19.8. The van der Waals surface area contributed by atoms with Gasteiger partial charge in [-0.25, -0.2) is 9.78 Å². The molecule has 30 heavy (non-hydrogen) atoms. The van der Waals surface area contributed by atoms with Gasteiger partial charge in [0, 0.05) is 6.08 Å². The van der Waals surface area contributed by atoms with Crippen molar-refractivity contribution in [2.75, 3.05) is 0 Å². The van der Waals surface area contributed by atoms with Crippen LogP contribution in [0.1, 0.15) is 35.6 Å². The van der Waals surface area contributed by atoms with Crippen molar-refractivity contribution in [3.05, 3.63) is 107 Å². The van der Waals surface area contributed by atoms with E-state index in [1.54, 1.807) is 17.4 Å². The summed E-state index contributed by atoms with van der Waals surface area (Å²) in [6.45, 7) is 2.17. The lowest BCUT2D eigenvalue weighted by atomic mass is 9.88. The standard InChI is InChI=1S/C26H21NO2S/c1-2-22(19-6-4-3-5-7-19)26(21-13-14-24-23(16-21)27-17-30-24)20-11-8-18(9-12-20)10-15-25(28)29/h3-17H,2H2,1H3,(H,28,29). The van der Waals surface area contributed by atoms with Crippen LogP contribution in [0.15, 0.2) is 84.4 Å². The normalized spacial score (nSPS) is 12.3. The van der Waals surface area contributed by atoms with Crippen LogP contribution in [0.3, 0.4) is 0 Å². The lowest BCUT2D eigenvalue weighted by Gasteiger charge is -2.16. The number of carboxylic acid groups (broad SMARTS) is 1. The number of allylic oxidation sites excluding steroid dienone is 1. The molecule has 3 nitrogen and oxygen atoms in total. The number of carbonyl (C=O) groups is 1. The van der Waals surface area contributed by atoms with Crippen molar-refractivity contribution in [3.8, 4) is 0 Å². The lowest BCUT2D eigenvalue weighted by Crippen LogP contribution is -1.95. The third-order valence-electron chi connectivity index (χ3n) is 5.01. The summed E-state index contributed by atoms with van der Waals surface area (Å²) >= 11 is 1.64. The first-order chi connectivity index (χ1) is 14.7. The minimum absolute atomic E-state index is 0.855. The van der Waals surface area contributed by atoms with Crippen LogP contribution >= 0.6 is 11.3 Å². The highest BCUT2D eigenvalue weighted by atomic mass is 32.1. The fourth-order valence-electron chi connectivity index (χ4n) is 3.62. The van der Waals surface area contributed by atoms with E-state index in [2.05, 4.69) is 66.5 Å². The third kappa shape index (κ3) is 4.24. The number of benzene rings is 3. The van der Waals surface area contributed by atoms with Crippen molar-refractivity contribution < 1.29 is 9.90 Å². The Bertz CT molecular complexity index is 1240. The van der Waals surface area contributed by atoms with Gasteiger partial charge in [-0.3, -0.25) is 0 Å². The summed E-state index contributed by atoms with van der Waals surface area (Å²) in [4.78, 5) is 15.3. The van der Waals surface area contributed by atoms with E-state index in [1.165, 1.54) is 21.4 Å². The van der Waals surface area contributed by atoms with Crippen LogP contribution in [0, 0.1) is 0 Å². The predicted molar refractivity (Wildman–Crippen MR) is 125 cm³/mol. The molecule has 4 rings (SSSR count). The highest BCUT2D eigenvalue weighted by Gasteiger charge is 2.14. The number of fused-ring (bicyclic) bond motifs is 1. The van der Waals surface area contributed by atoms with Crippen molar-refractivity contribution in [3.63, 3.8) is 0 Å². The molecule has 0 spiro atoms. The van der Waals surface area contributed by atoms with E-state index >= 15 is 0 Å². The van der Waals surface area contributed by atoms with Gasteiger partial charge in [-0.15, -0.1) is 11.3 Å². The first-order valence-corrected chi connectivity index (χ1v) is 10.7. The highest BCUT2D eigenvalue weighted by molar-refractivity contribution is 7.16. The van der Waals surface area contributed by atoms with Gasteiger partial charge in [0.05, 0.1) is 15.7 Å². The van der Waals surface area contributed by atoms with Crippen LogP contribution in [-0.2, 0) is 4.79 Å². The summed E-state index contributed by atoms with van der Waals surface area (Å²) in [6.07, 6.45) is 3.65. The minimum Gasteiger partial charge on any atom is -0.478 e. The Kier molecular flexibility index (Phi) is 5.87. The van der Waals surface area contributed by atoms with Gasteiger partial charge >= 0.3 is 5.97 Å². The zero-order chi connectivity index (χ0) is 20.9. The van der Waals surface area contributed by atoms with E-state index in [4.69, 9.17) is 5.11 Å². The maximum Gasteiger partial charge on any atom is 0.328 e. The van der Waals surface area contributed by atoms with E-state index in [-0.39, 0.29) is 0 Å². The molecule has 1 aromatic heterocycles. The number of aromatic nitrogens is 1. The summed E-state index contributed by atoms with van der Waals surface area (Å²) in [6, 6.07) is 24.9. The van der Waals surface area contributed by atoms with Crippen LogP contribution < -0.4 is 0 Å².